The largest absolute Gasteiger partial charge is 0.490 e. The zero-order chi connectivity index (χ0) is 19.1. The van der Waals surface area contributed by atoms with Crippen LogP contribution in [0, 0.1) is 0 Å². The molecule has 27 heavy (non-hydrogen) atoms. The average molecular weight is 371 g/mol. The molecule has 0 radical (unpaired) electrons. The Balaban J connectivity index is 1.52. The van der Waals surface area contributed by atoms with Crippen molar-refractivity contribution in [3.63, 3.8) is 0 Å². The number of benzene rings is 2. The fourth-order valence-electron chi connectivity index (χ4n) is 2.56. The van der Waals surface area contributed by atoms with Crippen molar-refractivity contribution in [3.8, 4) is 11.5 Å². The van der Waals surface area contributed by atoms with Crippen molar-refractivity contribution in [3.05, 3.63) is 53.6 Å². The summed E-state index contributed by atoms with van der Waals surface area (Å²) in [4.78, 5) is 24.1. The van der Waals surface area contributed by atoms with Gasteiger partial charge in [-0.25, -0.2) is 4.79 Å². The molecule has 0 unspecified atom stereocenters. The second kappa shape index (κ2) is 9.05. The highest BCUT2D eigenvalue weighted by Gasteiger charge is 2.13. The van der Waals surface area contributed by atoms with E-state index in [4.69, 9.17) is 18.9 Å². The minimum atomic E-state index is -0.562. The number of carbonyl (C=O) groups is 2. The highest BCUT2D eigenvalue weighted by molar-refractivity contribution is 5.95. The van der Waals surface area contributed by atoms with E-state index in [0.717, 1.165) is 12.0 Å². The molecule has 142 valence electrons. The van der Waals surface area contributed by atoms with Gasteiger partial charge in [-0.2, -0.15) is 0 Å². The van der Waals surface area contributed by atoms with E-state index in [2.05, 4.69) is 5.32 Å². The summed E-state index contributed by atoms with van der Waals surface area (Å²) in [7, 11) is 1.60. The second-order valence-electron chi connectivity index (χ2n) is 5.97. The van der Waals surface area contributed by atoms with Crippen LogP contribution in [0.3, 0.4) is 0 Å². The molecule has 0 bridgehead atoms. The lowest BCUT2D eigenvalue weighted by atomic mass is 10.1. The highest BCUT2D eigenvalue weighted by atomic mass is 16.5. The van der Waals surface area contributed by atoms with Gasteiger partial charge in [0.25, 0.3) is 5.91 Å². The molecule has 2 aromatic rings. The molecule has 1 N–H and O–H groups in total. The molecule has 0 aliphatic carbocycles. The summed E-state index contributed by atoms with van der Waals surface area (Å²) in [5.41, 5.74) is 1.86. The Labute approximate surface area is 157 Å². The quantitative estimate of drug-likeness (QED) is 0.786. The number of amides is 1. The van der Waals surface area contributed by atoms with Crippen LogP contribution in [0.15, 0.2) is 42.5 Å². The van der Waals surface area contributed by atoms with Crippen LogP contribution in [0.25, 0.3) is 0 Å². The topological polar surface area (TPSA) is 83.1 Å². The Morgan fingerprint density at radius 1 is 1.04 bits per heavy atom. The van der Waals surface area contributed by atoms with Gasteiger partial charge in [0.1, 0.15) is 0 Å². The Morgan fingerprint density at radius 3 is 2.52 bits per heavy atom. The fourth-order valence-corrected chi connectivity index (χ4v) is 2.56. The van der Waals surface area contributed by atoms with E-state index >= 15 is 0 Å². The van der Waals surface area contributed by atoms with E-state index < -0.39 is 11.9 Å². The monoisotopic (exact) mass is 371 g/mol. The number of hydrogen-bond donors (Lipinski definition) is 1. The lowest BCUT2D eigenvalue weighted by Crippen LogP contribution is -2.21. The molecule has 0 fully saturated rings. The number of nitrogens with one attached hydrogen (secondary N) is 1. The molecule has 0 saturated heterocycles. The van der Waals surface area contributed by atoms with Crippen molar-refractivity contribution in [1.82, 2.24) is 0 Å². The summed E-state index contributed by atoms with van der Waals surface area (Å²) in [6, 6.07) is 12.0. The van der Waals surface area contributed by atoms with E-state index in [1.165, 1.54) is 0 Å². The standard InChI is InChI=1S/C20H21NO6/c1-24-12-14-3-5-15(6-4-14)20(23)27-13-19(22)21-16-7-8-17-18(11-16)26-10-2-9-25-17/h3-8,11H,2,9-10,12-13H2,1H3,(H,21,22). The van der Waals surface area contributed by atoms with Gasteiger partial charge in [0, 0.05) is 25.3 Å². The molecule has 0 spiro atoms. The maximum absolute atomic E-state index is 12.0. The number of fused-ring (bicyclic) bond motifs is 1. The van der Waals surface area contributed by atoms with Gasteiger partial charge < -0.3 is 24.3 Å². The predicted octanol–water partition coefficient (Wildman–Crippen LogP) is 2.79. The molecule has 0 aromatic heterocycles. The zero-order valence-electron chi connectivity index (χ0n) is 15.0. The Hall–Kier alpha value is -3.06. The molecule has 7 heteroatoms. The van der Waals surface area contributed by atoms with Gasteiger partial charge in [0.2, 0.25) is 0 Å². The zero-order valence-corrected chi connectivity index (χ0v) is 15.0. The van der Waals surface area contributed by atoms with Crippen molar-refractivity contribution in [1.29, 1.82) is 0 Å². The number of hydrogen-bond acceptors (Lipinski definition) is 6. The van der Waals surface area contributed by atoms with Gasteiger partial charge in [0.15, 0.2) is 18.1 Å². The van der Waals surface area contributed by atoms with E-state index in [-0.39, 0.29) is 6.61 Å². The van der Waals surface area contributed by atoms with Crippen molar-refractivity contribution in [2.24, 2.45) is 0 Å². The van der Waals surface area contributed by atoms with E-state index in [1.807, 2.05) is 0 Å². The lowest BCUT2D eigenvalue weighted by molar-refractivity contribution is -0.119. The summed E-state index contributed by atoms with van der Waals surface area (Å²) in [6.45, 7) is 1.24. The number of esters is 1. The van der Waals surface area contributed by atoms with Gasteiger partial charge in [-0.1, -0.05) is 12.1 Å². The van der Waals surface area contributed by atoms with Crippen LogP contribution >= 0.6 is 0 Å². The number of methoxy groups -OCH3 is 1. The fraction of sp³-hybridized carbons (Fsp3) is 0.300. The summed E-state index contributed by atoms with van der Waals surface area (Å²) in [5.74, 6) is 0.230. The molecule has 0 atom stereocenters. The first-order valence-electron chi connectivity index (χ1n) is 8.60. The molecule has 3 rings (SSSR count). The molecule has 2 aromatic carbocycles. The third-order valence-corrected chi connectivity index (χ3v) is 3.87. The van der Waals surface area contributed by atoms with Crippen molar-refractivity contribution in [2.75, 3.05) is 32.2 Å². The Morgan fingerprint density at radius 2 is 1.78 bits per heavy atom. The highest BCUT2D eigenvalue weighted by Crippen LogP contribution is 2.32. The molecule has 1 amide bonds. The molecule has 1 aliphatic rings. The van der Waals surface area contributed by atoms with Crippen LogP contribution in [0.4, 0.5) is 5.69 Å². The van der Waals surface area contributed by atoms with Crippen molar-refractivity contribution < 1.29 is 28.5 Å². The molecule has 0 saturated carbocycles. The van der Waals surface area contributed by atoms with Crippen LogP contribution in [0.1, 0.15) is 22.3 Å². The molecule has 1 heterocycles. The molecular formula is C20H21NO6. The van der Waals surface area contributed by atoms with Gasteiger partial charge in [0.05, 0.1) is 25.4 Å². The van der Waals surface area contributed by atoms with Crippen LogP contribution in [0.5, 0.6) is 11.5 Å². The van der Waals surface area contributed by atoms with Crippen LogP contribution in [0.2, 0.25) is 0 Å². The first-order chi connectivity index (χ1) is 13.2. The van der Waals surface area contributed by atoms with Crippen LogP contribution in [-0.4, -0.2) is 38.8 Å². The van der Waals surface area contributed by atoms with E-state index in [9.17, 15) is 9.59 Å². The molecular weight excluding hydrogens is 350 g/mol. The number of rotatable bonds is 6. The summed E-state index contributed by atoms with van der Waals surface area (Å²) >= 11 is 0. The average Bonchev–Trinajstić information content (AvgIpc) is 2.92. The first-order valence-corrected chi connectivity index (χ1v) is 8.60. The van der Waals surface area contributed by atoms with E-state index in [1.54, 1.807) is 49.6 Å². The normalized spacial score (nSPS) is 12.8. The number of anilines is 1. The summed E-state index contributed by atoms with van der Waals surface area (Å²) in [5, 5.41) is 2.68. The SMILES string of the molecule is COCc1ccc(C(=O)OCC(=O)Nc2ccc3c(c2)OCCCO3)cc1. The minimum absolute atomic E-state index is 0.373. The van der Waals surface area contributed by atoms with Gasteiger partial charge in [-0.05, 0) is 29.8 Å². The van der Waals surface area contributed by atoms with Crippen LogP contribution < -0.4 is 14.8 Å². The molecule has 1 aliphatic heterocycles. The predicted molar refractivity (Wildman–Crippen MR) is 98.1 cm³/mol. The number of ether oxygens (including phenoxy) is 4. The first kappa shape index (κ1) is 18.7. The smallest absolute Gasteiger partial charge is 0.338 e. The van der Waals surface area contributed by atoms with Gasteiger partial charge in [-0.15, -0.1) is 0 Å². The lowest BCUT2D eigenvalue weighted by Gasteiger charge is -2.10. The van der Waals surface area contributed by atoms with E-state index in [0.29, 0.717) is 42.6 Å². The Bertz CT molecular complexity index is 803. The maximum atomic E-state index is 12.0. The van der Waals surface area contributed by atoms with Gasteiger partial charge in [-0.3, -0.25) is 4.79 Å². The van der Waals surface area contributed by atoms with Crippen molar-refractivity contribution in [2.45, 2.75) is 13.0 Å². The number of carbonyl (C=O) groups excluding carboxylic acids is 2. The maximum Gasteiger partial charge on any atom is 0.338 e. The van der Waals surface area contributed by atoms with Gasteiger partial charge >= 0.3 is 5.97 Å². The third-order valence-electron chi connectivity index (χ3n) is 3.87. The minimum Gasteiger partial charge on any atom is -0.490 e. The summed E-state index contributed by atoms with van der Waals surface area (Å²) in [6.07, 6.45) is 0.804. The van der Waals surface area contributed by atoms with Crippen LogP contribution in [-0.2, 0) is 20.9 Å². The third kappa shape index (κ3) is 5.21. The second-order valence-corrected chi connectivity index (χ2v) is 5.97. The molecule has 7 nitrogen and oxygen atoms in total. The Kier molecular flexibility index (Phi) is 6.27. The summed E-state index contributed by atoms with van der Waals surface area (Å²) < 4.78 is 21.2. The van der Waals surface area contributed by atoms with Crippen molar-refractivity contribution >= 4 is 17.6 Å².